The van der Waals surface area contributed by atoms with Crippen molar-refractivity contribution in [1.82, 2.24) is 4.72 Å². The second-order valence-electron chi connectivity index (χ2n) is 6.81. The van der Waals surface area contributed by atoms with Crippen LogP contribution in [0, 0.1) is 18.6 Å². The van der Waals surface area contributed by atoms with E-state index in [0.717, 1.165) is 17.7 Å². The molecule has 9 heteroatoms. The number of amides is 1. The summed E-state index contributed by atoms with van der Waals surface area (Å²) in [7, 11) is -2.48. The van der Waals surface area contributed by atoms with Crippen molar-refractivity contribution >= 4 is 21.6 Å². The van der Waals surface area contributed by atoms with Gasteiger partial charge in [-0.15, -0.1) is 0 Å². The predicted molar refractivity (Wildman–Crippen MR) is 100 cm³/mol. The molecule has 0 radical (unpaired) electrons. The number of nitrogens with one attached hydrogen (secondary N) is 2. The van der Waals surface area contributed by atoms with Gasteiger partial charge in [0.25, 0.3) is 0 Å². The number of methoxy groups -OCH3 is 1. The third kappa shape index (κ3) is 4.48. The van der Waals surface area contributed by atoms with Gasteiger partial charge in [0.05, 0.1) is 12.9 Å². The third-order valence-electron chi connectivity index (χ3n) is 4.58. The number of carbonyl (C=O) groups is 1. The fourth-order valence-corrected chi connectivity index (χ4v) is 4.43. The van der Waals surface area contributed by atoms with Crippen molar-refractivity contribution in [2.24, 2.45) is 0 Å². The summed E-state index contributed by atoms with van der Waals surface area (Å²) in [4.78, 5) is 12.7. The van der Waals surface area contributed by atoms with E-state index in [0.29, 0.717) is 30.3 Å². The van der Waals surface area contributed by atoms with Gasteiger partial charge in [0.15, 0.2) is 0 Å². The first-order chi connectivity index (χ1) is 13.1. The van der Waals surface area contributed by atoms with Gasteiger partial charge < -0.3 is 10.1 Å². The molecule has 0 spiro atoms. The van der Waals surface area contributed by atoms with E-state index in [1.807, 2.05) is 0 Å². The van der Waals surface area contributed by atoms with E-state index < -0.39 is 38.9 Å². The molecule has 2 aromatic carbocycles. The van der Waals surface area contributed by atoms with E-state index >= 15 is 0 Å². The Morgan fingerprint density at radius 2 is 1.89 bits per heavy atom. The Balaban J connectivity index is 1.71. The van der Waals surface area contributed by atoms with Gasteiger partial charge in [0.2, 0.25) is 15.9 Å². The van der Waals surface area contributed by atoms with Crippen LogP contribution in [0.5, 0.6) is 5.75 Å². The van der Waals surface area contributed by atoms with Crippen LogP contribution in [0.2, 0.25) is 0 Å². The number of anilines is 1. The SMILES string of the molecule is COc1ccc(NC(=O)C2(NS(=O)(=O)Cc3ccc(F)cc3F)CC2)c(C)c1. The van der Waals surface area contributed by atoms with E-state index in [2.05, 4.69) is 10.0 Å². The zero-order valence-electron chi connectivity index (χ0n) is 15.4. The molecule has 2 aromatic rings. The van der Waals surface area contributed by atoms with Crippen LogP contribution >= 0.6 is 0 Å². The molecule has 6 nitrogen and oxygen atoms in total. The summed E-state index contributed by atoms with van der Waals surface area (Å²) < 4.78 is 59.1. The maximum Gasteiger partial charge on any atom is 0.245 e. The van der Waals surface area contributed by atoms with Crippen LogP contribution in [0.4, 0.5) is 14.5 Å². The van der Waals surface area contributed by atoms with Crippen LogP contribution in [-0.2, 0) is 20.6 Å². The summed E-state index contributed by atoms with van der Waals surface area (Å²) in [6.45, 7) is 1.79. The molecular formula is C19H20F2N2O4S. The van der Waals surface area contributed by atoms with Gasteiger partial charge in [-0.1, -0.05) is 6.07 Å². The number of sulfonamides is 1. The Bertz CT molecular complexity index is 1020. The molecule has 0 atom stereocenters. The highest BCUT2D eigenvalue weighted by Crippen LogP contribution is 2.38. The Morgan fingerprint density at radius 3 is 2.46 bits per heavy atom. The quantitative estimate of drug-likeness (QED) is 0.735. The molecule has 0 bridgehead atoms. The normalized spacial score (nSPS) is 15.1. The lowest BCUT2D eigenvalue weighted by Gasteiger charge is -2.18. The summed E-state index contributed by atoms with van der Waals surface area (Å²) in [5, 5.41) is 2.72. The number of ether oxygens (including phenoxy) is 1. The molecule has 1 saturated carbocycles. The molecular weight excluding hydrogens is 390 g/mol. The maximum atomic E-state index is 13.8. The number of rotatable bonds is 7. The highest BCUT2D eigenvalue weighted by atomic mass is 32.2. The van der Waals surface area contributed by atoms with Crippen LogP contribution in [0.1, 0.15) is 24.0 Å². The van der Waals surface area contributed by atoms with Gasteiger partial charge in [-0.3, -0.25) is 4.79 Å². The van der Waals surface area contributed by atoms with Crippen LogP contribution < -0.4 is 14.8 Å². The molecule has 0 heterocycles. The molecule has 3 rings (SSSR count). The number of benzene rings is 2. The van der Waals surface area contributed by atoms with Crippen LogP contribution in [0.3, 0.4) is 0 Å². The Labute approximate surface area is 162 Å². The molecule has 28 heavy (non-hydrogen) atoms. The monoisotopic (exact) mass is 410 g/mol. The van der Waals surface area contributed by atoms with Crippen LogP contribution in [0.15, 0.2) is 36.4 Å². The molecule has 0 aromatic heterocycles. The largest absolute Gasteiger partial charge is 0.497 e. The van der Waals surface area contributed by atoms with E-state index in [1.165, 1.54) is 7.11 Å². The number of hydrogen-bond acceptors (Lipinski definition) is 4. The van der Waals surface area contributed by atoms with Crippen LogP contribution in [-0.4, -0.2) is 27.0 Å². The number of hydrogen-bond donors (Lipinski definition) is 2. The minimum atomic E-state index is -4.02. The molecule has 150 valence electrons. The zero-order chi connectivity index (χ0) is 20.5. The lowest BCUT2D eigenvalue weighted by Crippen LogP contribution is -2.46. The molecule has 0 saturated heterocycles. The second-order valence-corrected chi connectivity index (χ2v) is 8.54. The van der Waals surface area contributed by atoms with Crippen molar-refractivity contribution in [3.8, 4) is 5.75 Å². The van der Waals surface area contributed by atoms with Crippen molar-refractivity contribution in [2.45, 2.75) is 31.1 Å². The minimum Gasteiger partial charge on any atom is -0.497 e. The average Bonchev–Trinajstić information content (AvgIpc) is 3.39. The van der Waals surface area contributed by atoms with Gasteiger partial charge in [-0.05, 0) is 49.6 Å². The molecule has 0 aliphatic heterocycles. The van der Waals surface area contributed by atoms with E-state index in [1.54, 1.807) is 25.1 Å². The molecule has 1 aliphatic carbocycles. The van der Waals surface area contributed by atoms with Gasteiger partial charge in [-0.2, -0.15) is 4.72 Å². The zero-order valence-corrected chi connectivity index (χ0v) is 16.2. The summed E-state index contributed by atoms with van der Waals surface area (Å²) >= 11 is 0. The predicted octanol–water partition coefficient (Wildman–Crippen LogP) is 2.87. The summed E-state index contributed by atoms with van der Waals surface area (Å²) in [6, 6.07) is 7.78. The molecule has 1 fully saturated rings. The van der Waals surface area contributed by atoms with Gasteiger partial charge >= 0.3 is 0 Å². The number of carbonyl (C=O) groups excluding carboxylic acids is 1. The smallest absolute Gasteiger partial charge is 0.245 e. The molecule has 1 aliphatic rings. The van der Waals surface area contributed by atoms with Crippen LogP contribution in [0.25, 0.3) is 0 Å². The number of halogens is 2. The van der Waals surface area contributed by atoms with Crippen molar-refractivity contribution < 1.29 is 26.7 Å². The topological polar surface area (TPSA) is 84.5 Å². The summed E-state index contributed by atoms with van der Waals surface area (Å²) in [5.74, 6) is -2.27. The lowest BCUT2D eigenvalue weighted by molar-refractivity contribution is -0.118. The maximum absolute atomic E-state index is 13.8. The van der Waals surface area contributed by atoms with E-state index in [4.69, 9.17) is 4.74 Å². The fourth-order valence-electron chi connectivity index (χ4n) is 2.82. The number of aryl methyl sites for hydroxylation is 1. The third-order valence-corrected chi connectivity index (χ3v) is 5.97. The summed E-state index contributed by atoms with van der Waals surface area (Å²) in [6.07, 6.45) is 0.665. The first kappa shape index (κ1) is 20.2. The van der Waals surface area contributed by atoms with E-state index in [9.17, 15) is 22.0 Å². The van der Waals surface area contributed by atoms with Crippen molar-refractivity contribution in [3.05, 3.63) is 59.2 Å². The second kappa shape index (κ2) is 7.48. The first-order valence-corrected chi connectivity index (χ1v) is 10.2. The van der Waals surface area contributed by atoms with Crippen molar-refractivity contribution in [1.29, 1.82) is 0 Å². The first-order valence-electron chi connectivity index (χ1n) is 8.56. The van der Waals surface area contributed by atoms with Crippen molar-refractivity contribution in [3.63, 3.8) is 0 Å². The Kier molecular flexibility index (Phi) is 5.40. The van der Waals surface area contributed by atoms with E-state index in [-0.39, 0.29) is 5.56 Å². The Hall–Kier alpha value is -2.52. The molecule has 1 amide bonds. The highest BCUT2D eigenvalue weighted by Gasteiger charge is 2.52. The highest BCUT2D eigenvalue weighted by molar-refractivity contribution is 7.88. The standard InChI is InChI=1S/C19H20F2N2O4S/c1-12-9-15(27-2)5-6-17(12)22-18(24)19(7-8-19)23-28(25,26)11-13-3-4-14(20)10-16(13)21/h3-6,9-10,23H,7-8,11H2,1-2H3,(H,22,24). The minimum absolute atomic E-state index is 0.170. The summed E-state index contributed by atoms with van der Waals surface area (Å²) in [5.41, 5.74) is -0.126. The van der Waals surface area contributed by atoms with Gasteiger partial charge in [-0.25, -0.2) is 17.2 Å². The average molecular weight is 410 g/mol. The Morgan fingerprint density at radius 1 is 1.18 bits per heavy atom. The lowest BCUT2D eigenvalue weighted by atomic mass is 10.1. The van der Waals surface area contributed by atoms with Gasteiger partial charge in [0.1, 0.15) is 22.9 Å². The molecule has 0 unspecified atom stereocenters. The van der Waals surface area contributed by atoms with Gasteiger partial charge in [0, 0.05) is 17.3 Å². The van der Waals surface area contributed by atoms with Crippen molar-refractivity contribution in [2.75, 3.05) is 12.4 Å². The fraction of sp³-hybridized carbons (Fsp3) is 0.316. The molecule has 2 N–H and O–H groups in total.